The molecule has 0 aliphatic carbocycles. The first-order valence-electron chi connectivity index (χ1n) is 3.15. The van der Waals surface area contributed by atoms with E-state index in [1.807, 2.05) is 0 Å². The van der Waals surface area contributed by atoms with Crippen LogP contribution in [0.3, 0.4) is 0 Å². The summed E-state index contributed by atoms with van der Waals surface area (Å²) in [7, 11) is 0. The number of alkyl halides is 1. The van der Waals surface area contributed by atoms with E-state index >= 15 is 0 Å². The van der Waals surface area contributed by atoms with Gasteiger partial charge in [-0.1, -0.05) is 6.58 Å². The number of hydrogen-bond acceptors (Lipinski definition) is 2. The molecule has 1 unspecified atom stereocenters. The molecule has 1 N–H and O–H groups in total. The molecule has 0 aromatic carbocycles. The molecule has 11 heavy (non-hydrogen) atoms. The minimum absolute atomic E-state index is 0.383. The van der Waals surface area contributed by atoms with E-state index < -0.39 is 6.17 Å². The topological polar surface area (TPSA) is 24.4 Å². The summed E-state index contributed by atoms with van der Waals surface area (Å²) in [4.78, 5) is 3.82. The third-order valence-corrected chi connectivity index (χ3v) is 2.19. The van der Waals surface area contributed by atoms with Gasteiger partial charge in [0.25, 0.3) is 0 Å². The van der Waals surface area contributed by atoms with Gasteiger partial charge in [0, 0.05) is 5.70 Å². The smallest absolute Gasteiger partial charge is 0.140 e. The zero-order valence-electron chi connectivity index (χ0n) is 6.06. The molecular formula is C7H8BrFN2. The molecule has 4 heteroatoms. The summed E-state index contributed by atoms with van der Waals surface area (Å²) < 4.78 is 13.3. The standard InChI is InChI=1S/C7H8BrFN2/c1-4(9)7-6(8)5(2)10-3-11-7/h3-4H,2H2,1H3,(H,10,11). The lowest BCUT2D eigenvalue weighted by molar-refractivity contribution is 0.407. The largest absolute Gasteiger partial charge is 0.346 e. The summed E-state index contributed by atoms with van der Waals surface area (Å²) in [5, 5.41) is 2.76. The van der Waals surface area contributed by atoms with Gasteiger partial charge in [0.2, 0.25) is 0 Å². The highest BCUT2D eigenvalue weighted by Crippen LogP contribution is 2.25. The zero-order valence-corrected chi connectivity index (χ0v) is 7.65. The van der Waals surface area contributed by atoms with E-state index in [9.17, 15) is 4.39 Å². The molecule has 0 spiro atoms. The van der Waals surface area contributed by atoms with Crippen LogP contribution in [0.25, 0.3) is 0 Å². The summed E-state index contributed by atoms with van der Waals surface area (Å²) in [6, 6.07) is 0. The molecule has 0 aromatic rings. The maximum absolute atomic E-state index is 12.7. The SMILES string of the molecule is C=C1NC=NC(C(C)F)=C1Br. The Kier molecular flexibility index (Phi) is 2.44. The molecule has 1 aliphatic rings. The Morgan fingerprint density at radius 1 is 1.82 bits per heavy atom. The number of nitrogens with one attached hydrogen (secondary N) is 1. The molecular weight excluding hydrogens is 211 g/mol. The van der Waals surface area contributed by atoms with E-state index in [2.05, 4.69) is 32.8 Å². The van der Waals surface area contributed by atoms with Gasteiger partial charge in [0.05, 0.1) is 16.5 Å². The molecule has 1 atom stereocenters. The van der Waals surface area contributed by atoms with Crippen LogP contribution in [-0.2, 0) is 0 Å². The predicted molar refractivity (Wildman–Crippen MR) is 47.3 cm³/mol. The fraction of sp³-hybridized carbons (Fsp3) is 0.286. The monoisotopic (exact) mass is 218 g/mol. The van der Waals surface area contributed by atoms with Gasteiger partial charge in [0.15, 0.2) is 0 Å². The van der Waals surface area contributed by atoms with Gasteiger partial charge < -0.3 is 5.32 Å². The van der Waals surface area contributed by atoms with E-state index in [1.165, 1.54) is 13.3 Å². The Bertz CT molecular complexity index is 243. The Balaban J connectivity index is 2.98. The lowest BCUT2D eigenvalue weighted by Crippen LogP contribution is -2.17. The summed E-state index contributed by atoms with van der Waals surface area (Å²) in [5.74, 6) is 0. The van der Waals surface area contributed by atoms with Crippen molar-refractivity contribution in [3.63, 3.8) is 0 Å². The van der Waals surface area contributed by atoms with Crippen LogP contribution >= 0.6 is 15.9 Å². The van der Waals surface area contributed by atoms with Crippen molar-refractivity contribution in [2.24, 2.45) is 4.99 Å². The lowest BCUT2D eigenvalue weighted by Gasteiger charge is -2.14. The van der Waals surface area contributed by atoms with Crippen molar-refractivity contribution in [3.05, 3.63) is 22.5 Å². The van der Waals surface area contributed by atoms with Gasteiger partial charge in [-0.05, 0) is 22.9 Å². The molecule has 1 aliphatic heterocycles. The highest BCUT2D eigenvalue weighted by atomic mass is 79.9. The van der Waals surface area contributed by atoms with Gasteiger partial charge in [0.1, 0.15) is 6.17 Å². The molecule has 2 nitrogen and oxygen atoms in total. The van der Waals surface area contributed by atoms with Crippen molar-refractivity contribution in [1.29, 1.82) is 0 Å². The van der Waals surface area contributed by atoms with Gasteiger partial charge >= 0.3 is 0 Å². The number of hydrogen-bond donors (Lipinski definition) is 1. The van der Waals surface area contributed by atoms with Crippen molar-refractivity contribution in [3.8, 4) is 0 Å². The molecule has 0 radical (unpaired) electrons. The van der Waals surface area contributed by atoms with Crippen LogP contribution in [0.2, 0.25) is 0 Å². The van der Waals surface area contributed by atoms with E-state index in [0.717, 1.165) is 0 Å². The number of aliphatic imine (C=N–C) groups is 1. The zero-order chi connectivity index (χ0) is 8.43. The highest BCUT2D eigenvalue weighted by Gasteiger charge is 2.15. The summed E-state index contributed by atoms with van der Waals surface area (Å²) >= 11 is 3.18. The van der Waals surface area contributed by atoms with Gasteiger partial charge in [-0.25, -0.2) is 9.38 Å². The number of halogens is 2. The van der Waals surface area contributed by atoms with Crippen LogP contribution in [0.4, 0.5) is 4.39 Å². The second-order valence-corrected chi connectivity index (χ2v) is 2.99. The van der Waals surface area contributed by atoms with Crippen LogP contribution in [0.15, 0.2) is 27.4 Å². The summed E-state index contributed by atoms with van der Waals surface area (Å²) in [6.07, 6.45) is 0.359. The van der Waals surface area contributed by atoms with E-state index in [-0.39, 0.29) is 0 Å². The van der Waals surface area contributed by atoms with E-state index in [4.69, 9.17) is 0 Å². The van der Waals surface area contributed by atoms with Crippen molar-refractivity contribution < 1.29 is 4.39 Å². The minimum atomic E-state index is -1.07. The Morgan fingerprint density at radius 3 is 2.91 bits per heavy atom. The lowest BCUT2D eigenvalue weighted by atomic mass is 10.2. The molecule has 1 rings (SSSR count). The molecule has 0 saturated heterocycles. The Morgan fingerprint density at radius 2 is 2.45 bits per heavy atom. The molecule has 0 aromatic heterocycles. The van der Waals surface area contributed by atoms with E-state index in [0.29, 0.717) is 15.9 Å². The summed E-state index contributed by atoms with van der Waals surface area (Å²) in [5.41, 5.74) is 1.02. The Labute approximate surface area is 73.0 Å². The molecule has 0 fully saturated rings. The normalized spacial score (nSPS) is 20.1. The molecule has 0 amide bonds. The fourth-order valence-electron chi connectivity index (χ4n) is 0.732. The predicted octanol–water partition coefficient (Wildman–Crippen LogP) is 2.10. The van der Waals surface area contributed by atoms with Crippen molar-refractivity contribution in [1.82, 2.24) is 5.32 Å². The van der Waals surface area contributed by atoms with Crippen molar-refractivity contribution >= 4 is 22.3 Å². The average Bonchev–Trinajstić information content (AvgIpc) is 1.94. The highest BCUT2D eigenvalue weighted by molar-refractivity contribution is 9.12. The first-order valence-corrected chi connectivity index (χ1v) is 3.94. The number of allylic oxidation sites excluding steroid dienone is 2. The van der Waals surface area contributed by atoms with Gasteiger partial charge in [-0.3, -0.25) is 0 Å². The number of rotatable bonds is 1. The van der Waals surface area contributed by atoms with Gasteiger partial charge in [-0.15, -0.1) is 0 Å². The third-order valence-electron chi connectivity index (χ3n) is 1.31. The van der Waals surface area contributed by atoms with Crippen LogP contribution in [0.5, 0.6) is 0 Å². The quantitative estimate of drug-likeness (QED) is 0.717. The third kappa shape index (κ3) is 1.68. The molecule has 1 heterocycles. The molecule has 60 valence electrons. The van der Waals surface area contributed by atoms with Crippen LogP contribution in [0, 0.1) is 0 Å². The van der Waals surface area contributed by atoms with Crippen LogP contribution < -0.4 is 5.32 Å². The molecule has 0 bridgehead atoms. The second-order valence-electron chi connectivity index (χ2n) is 2.20. The van der Waals surface area contributed by atoms with Gasteiger partial charge in [-0.2, -0.15) is 0 Å². The number of nitrogens with zero attached hydrogens (tertiary/aromatic N) is 1. The first-order chi connectivity index (χ1) is 5.13. The second kappa shape index (κ2) is 3.17. The maximum atomic E-state index is 12.7. The van der Waals surface area contributed by atoms with Crippen molar-refractivity contribution in [2.75, 3.05) is 0 Å². The van der Waals surface area contributed by atoms with Crippen LogP contribution in [0.1, 0.15) is 6.92 Å². The maximum Gasteiger partial charge on any atom is 0.140 e. The molecule has 0 saturated carbocycles. The summed E-state index contributed by atoms with van der Waals surface area (Å²) in [6.45, 7) is 5.09. The van der Waals surface area contributed by atoms with Crippen molar-refractivity contribution in [2.45, 2.75) is 13.1 Å². The fourth-order valence-corrected chi connectivity index (χ4v) is 1.26. The van der Waals surface area contributed by atoms with E-state index in [1.54, 1.807) is 0 Å². The Hall–Kier alpha value is -0.640. The first kappa shape index (κ1) is 8.46. The minimum Gasteiger partial charge on any atom is -0.346 e. The average molecular weight is 219 g/mol. The van der Waals surface area contributed by atoms with Crippen LogP contribution in [-0.4, -0.2) is 12.5 Å².